The third kappa shape index (κ3) is 4.66. The smallest absolute Gasteiger partial charge is 0.340 e. The molecule has 0 aliphatic rings. The second-order valence-electron chi connectivity index (χ2n) is 7.98. The Bertz CT molecular complexity index is 1250. The van der Waals surface area contributed by atoms with Crippen molar-refractivity contribution in [1.82, 2.24) is 10.6 Å². The molecule has 9 heteroatoms. The van der Waals surface area contributed by atoms with Crippen molar-refractivity contribution in [3.8, 4) is 0 Å². The summed E-state index contributed by atoms with van der Waals surface area (Å²) in [6.07, 6.45) is 1.92. The average molecular weight is 442 g/mol. The van der Waals surface area contributed by atoms with Crippen molar-refractivity contribution in [3.63, 3.8) is 0 Å². The van der Waals surface area contributed by atoms with Gasteiger partial charge >= 0.3 is 11.6 Å². The van der Waals surface area contributed by atoms with Crippen LogP contribution < -0.4 is 16.3 Å². The van der Waals surface area contributed by atoms with Crippen LogP contribution in [0.3, 0.4) is 0 Å². The van der Waals surface area contributed by atoms with Crippen molar-refractivity contribution in [3.05, 3.63) is 45.5 Å². The fourth-order valence-electron chi connectivity index (χ4n) is 3.55. The van der Waals surface area contributed by atoms with Gasteiger partial charge in [-0.3, -0.25) is 9.59 Å². The van der Waals surface area contributed by atoms with E-state index in [1.165, 1.54) is 0 Å². The lowest BCUT2D eigenvalue weighted by molar-refractivity contribution is -0.143. The first-order chi connectivity index (χ1) is 15.1. The van der Waals surface area contributed by atoms with Crippen LogP contribution in [0.2, 0.25) is 0 Å². The van der Waals surface area contributed by atoms with E-state index in [-0.39, 0.29) is 17.9 Å². The number of aryl methyl sites for hydroxylation is 2. The maximum atomic E-state index is 12.5. The number of carboxylic acid groups (broad SMARTS) is 1. The Morgan fingerprint density at radius 3 is 2.47 bits per heavy atom. The van der Waals surface area contributed by atoms with Crippen LogP contribution in [0.4, 0.5) is 0 Å². The van der Waals surface area contributed by atoms with Crippen molar-refractivity contribution in [2.24, 2.45) is 5.92 Å². The van der Waals surface area contributed by atoms with Gasteiger partial charge in [-0.2, -0.15) is 0 Å². The van der Waals surface area contributed by atoms with Gasteiger partial charge in [-0.05, 0) is 37.0 Å². The molecule has 9 nitrogen and oxygen atoms in total. The highest BCUT2D eigenvalue weighted by atomic mass is 16.4. The molecule has 0 fully saturated rings. The number of benzene rings is 1. The fraction of sp³-hybridized carbons (Fsp3) is 0.391. The van der Waals surface area contributed by atoms with E-state index in [9.17, 15) is 24.3 Å². The lowest BCUT2D eigenvalue weighted by Crippen LogP contribution is -2.48. The van der Waals surface area contributed by atoms with Gasteiger partial charge in [0.25, 0.3) is 0 Å². The molecule has 0 spiro atoms. The predicted octanol–water partition coefficient (Wildman–Crippen LogP) is 2.43. The molecule has 2 amide bonds. The minimum atomic E-state index is -1.13. The van der Waals surface area contributed by atoms with Crippen LogP contribution in [0.1, 0.15) is 37.0 Å². The maximum Gasteiger partial charge on any atom is 0.340 e. The first-order valence-corrected chi connectivity index (χ1v) is 10.3. The highest BCUT2D eigenvalue weighted by Crippen LogP contribution is 2.28. The van der Waals surface area contributed by atoms with E-state index < -0.39 is 36.0 Å². The van der Waals surface area contributed by atoms with E-state index in [2.05, 4.69) is 10.6 Å². The van der Waals surface area contributed by atoms with Gasteiger partial charge < -0.3 is 24.6 Å². The number of aliphatic carboxylic acids is 1. The van der Waals surface area contributed by atoms with Crippen LogP contribution in [0.15, 0.2) is 32.0 Å². The molecular formula is C23H26N2O7. The van der Waals surface area contributed by atoms with Crippen molar-refractivity contribution in [1.29, 1.82) is 0 Å². The van der Waals surface area contributed by atoms with Crippen molar-refractivity contribution >= 4 is 39.7 Å². The summed E-state index contributed by atoms with van der Waals surface area (Å²) >= 11 is 0. The highest BCUT2D eigenvalue weighted by molar-refractivity contribution is 5.97. The SMILES string of the molecule is CCC(C)C(NC(=O)CNC(=O)Cc1c(C)c2cc3c(C)coc3cc2oc1=O)C(=O)O. The van der Waals surface area contributed by atoms with Gasteiger partial charge in [0, 0.05) is 16.8 Å². The van der Waals surface area contributed by atoms with Crippen molar-refractivity contribution in [2.75, 3.05) is 6.54 Å². The summed E-state index contributed by atoms with van der Waals surface area (Å²) in [6.45, 7) is 6.79. The Kier molecular flexibility index (Phi) is 6.67. The summed E-state index contributed by atoms with van der Waals surface area (Å²) in [5, 5.41) is 15.7. The van der Waals surface area contributed by atoms with Gasteiger partial charge in [0.15, 0.2) is 0 Å². The molecule has 0 aliphatic heterocycles. The minimum Gasteiger partial charge on any atom is -0.480 e. The van der Waals surface area contributed by atoms with E-state index >= 15 is 0 Å². The second-order valence-corrected chi connectivity index (χ2v) is 7.98. The zero-order chi connectivity index (χ0) is 23.6. The second kappa shape index (κ2) is 9.25. The molecular weight excluding hydrogens is 416 g/mol. The zero-order valence-corrected chi connectivity index (χ0v) is 18.4. The van der Waals surface area contributed by atoms with Gasteiger partial charge in [-0.1, -0.05) is 20.3 Å². The first kappa shape index (κ1) is 23.1. The quantitative estimate of drug-likeness (QED) is 0.455. The number of rotatable bonds is 8. The zero-order valence-electron chi connectivity index (χ0n) is 18.4. The third-order valence-corrected chi connectivity index (χ3v) is 5.75. The average Bonchev–Trinajstić information content (AvgIpc) is 3.11. The summed E-state index contributed by atoms with van der Waals surface area (Å²) < 4.78 is 10.8. The highest BCUT2D eigenvalue weighted by Gasteiger charge is 2.25. The van der Waals surface area contributed by atoms with E-state index in [1.54, 1.807) is 26.2 Å². The number of fused-ring (bicyclic) bond motifs is 2. The number of furan rings is 1. The van der Waals surface area contributed by atoms with Crippen LogP contribution in [-0.4, -0.2) is 35.5 Å². The molecule has 0 saturated heterocycles. The number of carbonyl (C=O) groups excluding carboxylic acids is 2. The number of hydrogen-bond donors (Lipinski definition) is 3. The lowest BCUT2D eigenvalue weighted by atomic mass is 9.99. The normalized spacial score (nSPS) is 13.1. The van der Waals surface area contributed by atoms with Gasteiger partial charge in [0.05, 0.1) is 24.8 Å². The van der Waals surface area contributed by atoms with E-state index in [0.29, 0.717) is 28.5 Å². The molecule has 3 rings (SSSR count). The molecule has 2 heterocycles. The largest absolute Gasteiger partial charge is 0.480 e. The van der Waals surface area contributed by atoms with Crippen LogP contribution in [0.5, 0.6) is 0 Å². The van der Waals surface area contributed by atoms with Gasteiger partial charge in [0.2, 0.25) is 11.8 Å². The third-order valence-electron chi connectivity index (χ3n) is 5.75. The topological polar surface area (TPSA) is 139 Å². The molecule has 0 saturated carbocycles. The van der Waals surface area contributed by atoms with E-state index in [0.717, 1.165) is 10.9 Å². The standard InChI is InChI=1S/C23H26N2O7/c1-5-11(2)21(22(28)29)25-20(27)9-24-19(26)7-16-13(4)15-6-14-12(3)10-31-17(14)8-18(15)32-23(16)30/h6,8,10-11,21H,5,7,9H2,1-4H3,(H,24,26)(H,25,27)(H,28,29). The lowest BCUT2D eigenvalue weighted by Gasteiger charge is -2.20. The van der Waals surface area contributed by atoms with Crippen molar-refractivity contribution < 1.29 is 28.3 Å². The molecule has 0 aliphatic carbocycles. The van der Waals surface area contributed by atoms with Crippen molar-refractivity contribution in [2.45, 2.75) is 46.6 Å². The number of nitrogens with one attached hydrogen (secondary N) is 2. The monoisotopic (exact) mass is 442 g/mol. The molecule has 1 aromatic carbocycles. The van der Waals surface area contributed by atoms with E-state index in [4.69, 9.17) is 8.83 Å². The number of carbonyl (C=O) groups is 3. The number of carboxylic acids is 1. The maximum absolute atomic E-state index is 12.5. The Labute approximate surface area is 183 Å². The molecule has 0 bridgehead atoms. The first-order valence-electron chi connectivity index (χ1n) is 10.3. The van der Waals surface area contributed by atoms with Crippen LogP contribution in [0.25, 0.3) is 21.9 Å². The Morgan fingerprint density at radius 2 is 1.81 bits per heavy atom. The minimum absolute atomic E-state index is 0.193. The molecule has 3 N–H and O–H groups in total. The molecule has 0 radical (unpaired) electrons. The Balaban J connectivity index is 1.73. The van der Waals surface area contributed by atoms with Crippen LogP contribution in [-0.2, 0) is 20.8 Å². The van der Waals surface area contributed by atoms with Gasteiger partial charge in [-0.25, -0.2) is 9.59 Å². The molecule has 3 aromatic rings. The number of amides is 2. The van der Waals surface area contributed by atoms with Crippen LogP contribution in [0, 0.1) is 19.8 Å². The molecule has 2 unspecified atom stereocenters. The molecule has 170 valence electrons. The summed E-state index contributed by atoms with van der Waals surface area (Å²) in [4.78, 5) is 48.3. The van der Waals surface area contributed by atoms with Gasteiger partial charge in [-0.15, -0.1) is 0 Å². The summed E-state index contributed by atoms with van der Waals surface area (Å²) in [6, 6.07) is 2.47. The molecule has 2 aromatic heterocycles. The van der Waals surface area contributed by atoms with E-state index in [1.807, 2.05) is 19.9 Å². The van der Waals surface area contributed by atoms with Crippen LogP contribution >= 0.6 is 0 Å². The summed E-state index contributed by atoms with van der Waals surface area (Å²) in [5.41, 5.74) is 2.07. The fourth-order valence-corrected chi connectivity index (χ4v) is 3.55. The molecule has 32 heavy (non-hydrogen) atoms. The van der Waals surface area contributed by atoms with Gasteiger partial charge in [0.1, 0.15) is 17.2 Å². The Morgan fingerprint density at radius 1 is 1.09 bits per heavy atom. The number of hydrogen-bond acceptors (Lipinski definition) is 6. The predicted molar refractivity (Wildman–Crippen MR) is 117 cm³/mol. The summed E-state index contributed by atoms with van der Waals surface area (Å²) in [7, 11) is 0. The molecule has 2 atom stereocenters. The summed E-state index contributed by atoms with van der Waals surface area (Å²) in [5.74, 6) is -2.57. The Hall–Kier alpha value is -3.62.